The predicted octanol–water partition coefficient (Wildman–Crippen LogP) is 5.13. The van der Waals surface area contributed by atoms with Crippen LogP contribution < -0.4 is 10.1 Å². The minimum Gasteiger partial charge on any atom is -0.484 e. The lowest BCUT2D eigenvalue weighted by Crippen LogP contribution is -2.71. The summed E-state index contributed by atoms with van der Waals surface area (Å²) in [5.74, 6) is -0.772. The number of carbonyl (C=O) groups excluding carboxylic acids is 3. The third-order valence-electron chi connectivity index (χ3n) is 7.54. The number of carbonyl (C=O) groups is 3. The van der Waals surface area contributed by atoms with Gasteiger partial charge in [0, 0.05) is 12.1 Å². The lowest BCUT2D eigenvalue weighted by atomic mass is 10.0. The van der Waals surface area contributed by atoms with Crippen LogP contribution in [-0.4, -0.2) is 51.4 Å². The Kier molecular flexibility index (Phi) is 9.48. The minimum atomic E-state index is -0.884. The van der Waals surface area contributed by atoms with E-state index in [1.807, 2.05) is 66.7 Å². The maximum atomic E-state index is 13.8. The first kappa shape index (κ1) is 31.4. The SMILES string of the molecule is O=C(COc1ccccc1)N[C@@H]1C(=O)N2C(C(=O)OCc3ccc([N+](=O)[O-])cc3)=C(OC(c3ccccc3)c3ccccc3)CS[C@@H]12. The zero-order valence-electron chi connectivity index (χ0n) is 24.9. The molecule has 1 fully saturated rings. The number of ether oxygens (including phenoxy) is 3. The number of amides is 2. The van der Waals surface area contributed by atoms with Crippen molar-refractivity contribution in [2.45, 2.75) is 24.1 Å². The first-order valence-electron chi connectivity index (χ1n) is 14.7. The smallest absolute Gasteiger partial charge is 0.358 e. The third-order valence-corrected chi connectivity index (χ3v) is 8.79. The molecule has 6 rings (SSSR count). The maximum absolute atomic E-state index is 13.8. The van der Waals surface area contributed by atoms with Gasteiger partial charge in [0.2, 0.25) is 0 Å². The predicted molar refractivity (Wildman–Crippen MR) is 173 cm³/mol. The molecule has 2 atom stereocenters. The monoisotopic (exact) mass is 651 g/mol. The van der Waals surface area contributed by atoms with Crippen molar-refractivity contribution in [2.75, 3.05) is 12.4 Å². The van der Waals surface area contributed by atoms with E-state index in [0.29, 0.717) is 11.3 Å². The van der Waals surface area contributed by atoms with E-state index in [2.05, 4.69) is 5.32 Å². The number of hydrogen-bond donors (Lipinski definition) is 1. The van der Waals surface area contributed by atoms with Crippen molar-refractivity contribution in [1.82, 2.24) is 10.2 Å². The van der Waals surface area contributed by atoms with Gasteiger partial charge in [-0.05, 0) is 41.0 Å². The molecule has 11 nitrogen and oxygen atoms in total. The second-order valence-electron chi connectivity index (χ2n) is 10.6. The Morgan fingerprint density at radius 3 is 2.09 bits per heavy atom. The van der Waals surface area contributed by atoms with E-state index in [1.54, 1.807) is 24.3 Å². The fourth-order valence-electron chi connectivity index (χ4n) is 5.21. The quantitative estimate of drug-likeness (QED) is 0.0956. The number of benzene rings is 4. The highest BCUT2D eigenvalue weighted by Crippen LogP contribution is 2.43. The highest BCUT2D eigenvalue weighted by molar-refractivity contribution is 8.00. The van der Waals surface area contributed by atoms with Crippen LogP contribution in [0.15, 0.2) is 127 Å². The molecule has 0 unspecified atom stereocenters. The summed E-state index contributed by atoms with van der Waals surface area (Å²) in [6.07, 6.45) is -0.593. The number of hydrogen-bond acceptors (Lipinski definition) is 9. The van der Waals surface area contributed by atoms with E-state index in [-0.39, 0.29) is 36.1 Å². The molecule has 2 heterocycles. The molecular formula is C35H29N3O8S. The van der Waals surface area contributed by atoms with Crippen molar-refractivity contribution < 1.29 is 33.5 Å². The normalized spacial score (nSPS) is 17.0. The van der Waals surface area contributed by atoms with Crippen molar-refractivity contribution in [3.05, 3.63) is 154 Å². The molecule has 4 aromatic rings. The Labute approximate surface area is 274 Å². The number of nitro benzene ring substituents is 1. The van der Waals surface area contributed by atoms with Gasteiger partial charge in [-0.2, -0.15) is 0 Å². The molecule has 2 aliphatic heterocycles. The number of thioether (sulfide) groups is 1. The van der Waals surface area contributed by atoms with Gasteiger partial charge in [0.25, 0.3) is 17.5 Å². The molecular weight excluding hydrogens is 622 g/mol. The van der Waals surface area contributed by atoms with Crippen LogP contribution >= 0.6 is 11.8 Å². The fraction of sp³-hybridized carbons (Fsp3) is 0.171. The molecule has 0 spiro atoms. The van der Waals surface area contributed by atoms with Gasteiger partial charge in [0.05, 0.1) is 10.7 Å². The van der Waals surface area contributed by atoms with Gasteiger partial charge < -0.3 is 19.5 Å². The van der Waals surface area contributed by atoms with Crippen LogP contribution in [0.1, 0.15) is 22.8 Å². The molecule has 4 aromatic carbocycles. The highest BCUT2D eigenvalue weighted by Gasteiger charge is 2.55. The van der Waals surface area contributed by atoms with E-state index in [1.165, 1.54) is 40.9 Å². The van der Waals surface area contributed by atoms with Crippen LogP contribution in [0, 0.1) is 10.1 Å². The summed E-state index contributed by atoms with van der Waals surface area (Å²) in [7, 11) is 0. The van der Waals surface area contributed by atoms with Crippen LogP contribution in [0.3, 0.4) is 0 Å². The second kappa shape index (κ2) is 14.2. The summed E-state index contributed by atoms with van der Waals surface area (Å²) in [4.78, 5) is 51.9. The molecule has 0 radical (unpaired) electrons. The number of nitrogens with one attached hydrogen (secondary N) is 1. The Bertz CT molecular complexity index is 1750. The van der Waals surface area contributed by atoms with Crippen LogP contribution in [0.2, 0.25) is 0 Å². The van der Waals surface area contributed by atoms with Crippen LogP contribution in [-0.2, 0) is 30.5 Å². The molecule has 0 bridgehead atoms. The van der Waals surface area contributed by atoms with Crippen LogP contribution in [0.4, 0.5) is 5.69 Å². The molecule has 2 aliphatic rings. The highest BCUT2D eigenvalue weighted by atomic mass is 32.2. The summed E-state index contributed by atoms with van der Waals surface area (Å²) in [5, 5.41) is 13.2. The Morgan fingerprint density at radius 1 is 0.894 bits per heavy atom. The van der Waals surface area contributed by atoms with Crippen LogP contribution in [0.25, 0.3) is 0 Å². The number of non-ortho nitro benzene ring substituents is 1. The Balaban J connectivity index is 1.25. The number of esters is 1. The second-order valence-corrected chi connectivity index (χ2v) is 11.8. The number of nitrogens with zero attached hydrogens (tertiary/aromatic N) is 2. The maximum Gasteiger partial charge on any atom is 0.358 e. The molecule has 0 aromatic heterocycles. The summed E-state index contributed by atoms with van der Waals surface area (Å²) < 4.78 is 17.7. The van der Waals surface area contributed by atoms with Crippen molar-refractivity contribution in [3.63, 3.8) is 0 Å². The minimum absolute atomic E-state index is 0.0523. The van der Waals surface area contributed by atoms with Crippen molar-refractivity contribution >= 4 is 35.2 Å². The van der Waals surface area contributed by atoms with Gasteiger partial charge >= 0.3 is 5.97 Å². The lowest BCUT2D eigenvalue weighted by Gasteiger charge is -2.49. The Hall–Kier alpha value is -5.62. The summed E-state index contributed by atoms with van der Waals surface area (Å²) in [5.41, 5.74) is 2.07. The number of β-lactam (4-membered cyclic amide) rings is 1. The number of fused-ring (bicyclic) bond motifs is 1. The average molecular weight is 652 g/mol. The van der Waals surface area contributed by atoms with Gasteiger partial charge in [-0.15, -0.1) is 11.8 Å². The van der Waals surface area contributed by atoms with Crippen LogP contribution in [0.5, 0.6) is 5.75 Å². The zero-order valence-corrected chi connectivity index (χ0v) is 25.7. The zero-order chi connectivity index (χ0) is 32.8. The molecule has 2 amide bonds. The molecule has 0 saturated carbocycles. The molecule has 1 saturated heterocycles. The number of nitro groups is 1. The van der Waals surface area contributed by atoms with E-state index in [9.17, 15) is 24.5 Å². The first-order chi connectivity index (χ1) is 22.9. The fourth-order valence-corrected chi connectivity index (χ4v) is 6.47. The van der Waals surface area contributed by atoms with Gasteiger partial charge in [-0.3, -0.25) is 24.6 Å². The molecule has 1 N–H and O–H groups in total. The summed E-state index contributed by atoms with van der Waals surface area (Å²) >= 11 is 1.36. The number of rotatable bonds is 12. The first-order valence-corrected chi connectivity index (χ1v) is 15.8. The summed E-state index contributed by atoms with van der Waals surface area (Å²) in [6.45, 7) is -0.472. The van der Waals surface area contributed by atoms with Gasteiger partial charge in [0.15, 0.2) is 12.3 Å². The third kappa shape index (κ3) is 7.12. The van der Waals surface area contributed by atoms with E-state index in [0.717, 1.165) is 11.1 Å². The largest absolute Gasteiger partial charge is 0.484 e. The van der Waals surface area contributed by atoms with E-state index < -0.39 is 40.2 Å². The van der Waals surface area contributed by atoms with Gasteiger partial charge in [-0.1, -0.05) is 78.9 Å². The topological polar surface area (TPSA) is 137 Å². The average Bonchev–Trinajstić information content (AvgIpc) is 3.12. The van der Waals surface area contributed by atoms with Gasteiger partial charge in [0.1, 0.15) is 35.6 Å². The van der Waals surface area contributed by atoms with Crippen molar-refractivity contribution in [2.24, 2.45) is 0 Å². The summed E-state index contributed by atoms with van der Waals surface area (Å²) in [6, 6.07) is 32.6. The molecule has 47 heavy (non-hydrogen) atoms. The Morgan fingerprint density at radius 2 is 1.49 bits per heavy atom. The molecule has 12 heteroatoms. The molecule has 238 valence electrons. The standard InChI is InChI=1S/C35H29N3O8S/c39-29(21-44-27-14-8-3-9-15-27)36-30-33(40)37-31(35(41)45-20-23-16-18-26(19-17-23)38(42)43)28(22-47-34(30)37)46-32(24-10-4-1-5-11-24)25-12-6-2-7-13-25/h1-19,30,32,34H,20-22H2,(H,36,39)/t30-,34+/m1/s1. The number of para-hydroxylation sites is 1. The van der Waals surface area contributed by atoms with Crippen molar-refractivity contribution in [1.29, 1.82) is 0 Å². The molecule has 0 aliphatic carbocycles. The lowest BCUT2D eigenvalue weighted by molar-refractivity contribution is -0.384. The van der Waals surface area contributed by atoms with Gasteiger partial charge in [-0.25, -0.2) is 4.79 Å². The van der Waals surface area contributed by atoms with E-state index in [4.69, 9.17) is 14.2 Å². The van der Waals surface area contributed by atoms with Crippen molar-refractivity contribution in [3.8, 4) is 5.75 Å². The van der Waals surface area contributed by atoms with E-state index >= 15 is 0 Å².